The lowest BCUT2D eigenvalue weighted by Crippen LogP contribution is -2.52. The molecule has 0 aliphatic heterocycles. The molecule has 0 aromatic carbocycles. The van der Waals surface area contributed by atoms with Crippen LogP contribution >= 0.6 is 0 Å². The molecule has 0 radical (unpaired) electrons. The Labute approximate surface area is 169 Å². The molecule has 13 heteroatoms. The molecule has 0 spiro atoms. The Morgan fingerprint density at radius 1 is 1.16 bits per heavy atom. The van der Waals surface area contributed by atoms with Crippen LogP contribution in [-0.2, 0) is 16.6 Å². The van der Waals surface area contributed by atoms with Gasteiger partial charge in [-0.3, -0.25) is 9.78 Å². The van der Waals surface area contributed by atoms with E-state index in [9.17, 15) is 44.7 Å². The smallest absolute Gasteiger partial charge is 0.456 e. The van der Waals surface area contributed by atoms with Crippen molar-refractivity contribution in [2.24, 2.45) is 0 Å². The van der Waals surface area contributed by atoms with Crippen molar-refractivity contribution in [3.63, 3.8) is 0 Å². The summed E-state index contributed by atoms with van der Waals surface area (Å²) in [5.74, 6) is -3.93. The minimum absolute atomic E-state index is 0.332. The fourth-order valence-electron chi connectivity index (χ4n) is 2.72. The number of ether oxygens (including phenoxy) is 1. The predicted molar refractivity (Wildman–Crippen MR) is 88.8 cm³/mol. The molecular formula is C18H14F8N2O3. The van der Waals surface area contributed by atoms with Crippen molar-refractivity contribution < 1.29 is 49.4 Å². The van der Waals surface area contributed by atoms with E-state index in [0.29, 0.717) is 6.07 Å². The molecule has 170 valence electrons. The molecule has 0 saturated heterocycles. The molecule has 1 N–H and O–H groups in total. The Bertz CT molecular complexity index is 938. The summed E-state index contributed by atoms with van der Waals surface area (Å²) in [6, 6.07) is 2.75. The topological polar surface area (TPSA) is 72.0 Å². The number of hydrogen-bond acceptors (Lipinski definition) is 4. The molecule has 0 fully saturated rings. The van der Waals surface area contributed by atoms with E-state index in [-0.39, 0.29) is 12.0 Å². The highest BCUT2D eigenvalue weighted by Crippen LogP contribution is 2.46. The summed E-state index contributed by atoms with van der Waals surface area (Å²) in [6.45, 7) is -0.731. The molecule has 0 aliphatic rings. The second-order valence-electron chi connectivity index (χ2n) is 6.35. The van der Waals surface area contributed by atoms with Gasteiger partial charge in [0.2, 0.25) is 0 Å². The lowest BCUT2D eigenvalue weighted by Gasteiger charge is -2.33. The first-order valence-corrected chi connectivity index (χ1v) is 8.51. The maximum Gasteiger partial charge on any atom is 0.456 e. The first-order chi connectivity index (χ1) is 14.3. The number of nitrogens with zero attached hydrogens (tertiary/aromatic N) is 1. The van der Waals surface area contributed by atoms with Gasteiger partial charge in [-0.15, -0.1) is 0 Å². The number of hydrogen-bond donors (Lipinski definition) is 1. The van der Waals surface area contributed by atoms with Gasteiger partial charge in [-0.1, -0.05) is 6.92 Å². The molecule has 0 saturated carbocycles. The van der Waals surface area contributed by atoms with Gasteiger partial charge in [0.05, 0.1) is 11.3 Å². The second-order valence-corrected chi connectivity index (χ2v) is 6.35. The number of carbonyl (C=O) groups excluding carboxylic acids is 2. The maximum absolute atomic E-state index is 13.8. The number of Topliss-reactive ketones (excluding diaryl/α,β-unsaturated/α-hetero) is 1. The highest BCUT2D eigenvalue weighted by atomic mass is 19.4. The average Bonchev–Trinajstić information content (AvgIpc) is 3.10. The Balaban J connectivity index is 2.56. The Morgan fingerprint density at radius 3 is 2.26 bits per heavy atom. The van der Waals surface area contributed by atoms with E-state index in [1.54, 1.807) is 4.98 Å². The molecular weight excluding hydrogens is 444 g/mol. The van der Waals surface area contributed by atoms with Crippen LogP contribution in [0.15, 0.2) is 30.6 Å². The third kappa shape index (κ3) is 4.69. The molecule has 2 rings (SSSR count). The molecule has 0 aliphatic carbocycles. The van der Waals surface area contributed by atoms with Crippen molar-refractivity contribution in [1.82, 2.24) is 9.97 Å². The van der Waals surface area contributed by atoms with Gasteiger partial charge in [-0.05, 0) is 30.2 Å². The standard InChI is InChI=1S/C18H14F8N2O3/c1-2-9-6-11(28-12(9)13(29)17(21,22)23)16(15(19)20,18(24,25)26)8-31-14(30)10-4-3-5-27-7-10/h3-7,15,28H,2,8H2,1H3. The van der Waals surface area contributed by atoms with Gasteiger partial charge in [0.15, 0.2) is 5.41 Å². The van der Waals surface area contributed by atoms with E-state index in [4.69, 9.17) is 0 Å². The van der Waals surface area contributed by atoms with E-state index in [2.05, 4.69) is 9.72 Å². The zero-order valence-corrected chi connectivity index (χ0v) is 15.6. The van der Waals surface area contributed by atoms with Crippen LogP contribution in [0, 0.1) is 0 Å². The predicted octanol–water partition coefficient (Wildman–Crippen LogP) is 4.64. The van der Waals surface area contributed by atoms with Gasteiger partial charge in [-0.25, -0.2) is 13.6 Å². The van der Waals surface area contributed by atoms with Crippen LogP contribution in [0.25, 0.3) is 0 Å². The van der Waals surface area contributed by atoms with E-state index in [0.717, 1.165) is 12.3 Å². The van der Waals surface area contributed by atoms with E-state index in [1.807, 2.05) is 0 Å². The average molecular weight is 458 g/mol. The molecule has 2 aromatic heterocycles. The van der Waals surface area contributed by atoms with Crippen molar-refractivity contribution in [1.29, 1.82) is 0 Å². The maximum atomic E-state index is 13.8. The Hall–Kier alpha value is -2.99. The minimum Gasteiger partial charge on any atom is -0.460 e. The second kappa shape index (κ2) is 8.63. The van der Waals surface area contributed by atoms with Crippen molar-refractivity contribution in [2.75, 3.05) is 6.61 Å². The summed E-state index contributed by atoms with van der Waals surface area (Å²) in [6.07, 6.45) is -13.7. The molecule has 0 amide bonds. The summed E-state index contributed by atoms with van der Waals surface area (Å²) in [5, 5.41) is 0. The molecule has 2 heterocycles. The van der Waals surface area contributed by atoms with Gasteiger partial charge in [0.25, 0.3) is 12.2 Å². The number of nitrogens with one attached hydrogen (secondary N) is 1. The van der Waals surface area contributed by atoms with Gasteiger partial charge >= 0.3 is 18.3 Å². The lowest BCUT2D eigenvalue weighted by molar-refractivity contribution is -0.237. The van der Waals surface area contributed by atoms with Crippen LogP contribution in [0.5, 0.6) is 0 Å². The number of rotatable bonds is 7. The van der Waals surface area contributed by atoms with E-state index >= 15 is 0 Å². The summed E-state index contributed by atoms with van der Waals surface area (Å²) in [5.41, 5.74) is -7.82. The molecule has 1 unspecified atom stereocenters. The number of carbonyl (C=O) groups is 2. The number of ketones is 1. The molecule has 1 atom stereocenters. The van der Waals surface area contributed by atoms with Crippen LogP contribution < -0.4 is 0 Å². The summed E-state index contributed by atoms with van der Waals surface area (Å²) in [4.78, 5) is 28.6. The largest absolute Gasteiger partial charge is 0.460 e. The van der Waals surface area contributed by atoms with Crippen molar-refractivity contribution >= 4 is 11.8 Å². The van der Waals surface area contributed by atoms with E-state index < -0.39 is 59.5 Å². The quantitative estimate of drug-likeness (QED) is 0.373. The van der Waals surface area contributed by atoms with Crippen LogP contribution in [0.2, 0.25) is 0 Å². The zero-order valence-electron chi connectivity index (χ0n) is 15.6. The first-order valence-electron chi connectivity index (χ1n) is 8.51. The number of H-pyrrole nitrogens is 1. The highest BCUT2D eigenvalue weighted by Gasteiger charge is 2.64. The number of pyridine rings is 1. The number of aromatic amines is 1. The SMILES string of the molecule is CCc1cc(C(COC(=O)c2cccnc2)(C(F)F)C(F)(F)F)[nH]c1C(=O)C(F)(F)F. The summed E-state index contributed by atoms with van der Waals surface area (Å²) >= 11 is 0. The fourth-order valence-corrected chi connectivity index (χ4v) is 2.72. The highest BCUT2D eigenvalue weighted by molar-refractivity contribution is 6.00. The van der Waals surface area contributed by atoms with Crippen LogP contribution in [0.3, 0.4) is 0 Å². The van der Waals surface area contributed by atoms with Crippen molar-refractivity contribution in [3.05, 3.63) is 53.1 Å². The van der Waals surface area contributed by atoms with Gasteiger partial charge in [-0.2, -0.15) is 26.3 Å². The van der Waals surface area contributed by atoms with Crippen LogP contribution in [0.1, 0.15) is 39.0 Å². The Kier molecular flexibility index (Phi) is 6.76. The fraction of sp³-hybridized carbons (Fsp3) is 0.389. The summed E-state index contributed by atoms with van der Waals surface area (Å²) < 4.78 is 112. The zero-order chi connectivity index (χ0) is 23.6. The van der Waals surface area contributed by atoms with Gasteiger partial charge in [0.1, 0.15) is 6.61 Å². The molecule has 5 nitrogen and oxygen atoms in total. The first kappa shape index (κ1) is 24.3. The number of aryl methyl sites for hydroxylation is 1. The third-order valence-corrected chi connectivity index (χ3v) is 4.45. The van der Waals surface area contributed by atoms with Gasteiger partial charge < -0.3 is 9.72 Å². The van der Waals surface area contributed by atoms with E-state index in [1.165, 1.54) is 19.2 Å². The van der Waals surface area contributed by atoms with Crippen LogP contribution in [-0.4, -0.2) is 47.1 Å². The number of esters is 1. The molecule has 31 heavy (non-hydrogen) atoms. The minimum atomic E-state index is -5.77. The van der Waals surface area contributed by atoms with Crippen molar-refractivity contribution in [3.8, 4) is 0 Å². The number of alkyl halides is 8. The van der Waals surface area contributed by atoms with Gasteiger partial charge in [0, 0.05) is 18.1 Å². The molecule has 2 aromatic rings. The lowest BCUT2D eigenvalue weighted by atomic mass is 9.84. The van der Waals surface area contributed by atoms with Crippen molar-refractivity contribution in [2.45, 2.75) is 37.5 Å². The number of aromatic nitrogens is 2. The monoisotopic (exact) mass is 458 g/mol. The molecule has 0 bridgehead atoms. The summed E-state index contributed by atoms with van der Waals surface area (Å²) in [7, 11) is 0. The normalized spacial score (nSPS) is 14.4. The Morgan fingerprint density at radius 2 is 1.81 bits per heavy atom. The number of halogens is 8. The third-order valence-electron chi connectivity index (χ3n) is 4.45. The van der Waals surface area contributed by atoms with Crippen LogP contribution in [0.4, 0.5) is 35.1 Å².